The third-order valence-corrected chi connectivity index (χ3v) is 3.98. The average molecular weight is 341 g/mol. The standard InChI is InChI=1S/C15H15BrClNO/c16-13-7-6-11(17)9-12(13)15(18)14(19)8-10-4-2-1-3-5-10/h1-7,9,14-15,19H,8,18H2/t14-,15+/m0/s1. The molecule has 2 atom stereocenters. The Bertz CT molecular complexity index is 547. The Hall–Kier alpha value is -0.870. The van der Waals surface area contributed by atoms with Gasteiger partial charge in [0.1, 0.15) is 0 Å². The Labute approximate surface area is 126 Å². The molecular weight excluding hydrogens is 326 g/mol. The lowest BCUT2D eigenvalue weighted by Gasteiger charge is -2.20. The molecule has 0 spiro atoms. The molecule has 4 heteroatoms. The number of rotatable bonds is 4. The Morgan fingerprint density at radius 3 is 2.53 bits per heavy atom. The highest BCUT2D eigenvalue weighted by atomic mass is 79.9. The van der Waals surface area contributed by atoms with Crippen molar-refractivity contribution in [3.63, 3.8) is 0 Å². The Morgan fingerprint density at radius 1 is 1.16 bits per heavy atom. The highest BCUT2D eigenvalue weighted by Crippen LogP contribution is 2.28. The molecule has 0 amide bonds. The molecule has 0 unspecified atom stereocenters. The second-order valence-corrected chi connectivity index (χ2v) is 5.74. The van der Waals surface area contributed by atoms with E-state index >= 15 is 0 Å². The lowest BCUT2D eigenvalue weighted by Crippen LogP contribution is -2.28. The molecule has 0 saturated heterocycles. The van der Waals surface area contributed by atoms with Crippen LogP contribution in [0.5, 0.6) is 0 Å². The summed E-state index contributed by atoms with van der Waals surface area (Å²) < 4.78 is 0.858. The fraction of sp³-hybridized carbons (Fsp3) is 0.200. The van der Waals surface area contributed by atoms with E-state index in [4.69, 9.17) is 17.3 Å². The normalized spacial score (nSPS) is 14.1. The van der Waals surface area contributed by atoms with E-state index in [1.165, 1.54) is 0 Å². The van der Waals surface area contributed by atoms with Crippen LogP contribution in [0.2, 0.25) is 5.02 Å². The van der Waals surface area contributed by atoms with Crippen molar-refractivity contribution in [1.82, 2.24) is 0 Å². The monoisotopic (exact) mass is 339 g/mol. The SMILES string of the molecule is N[C@H](c1cc(Cl)ccc1Br)[C@@H](O)Cc1ccccc1. The molecule has 0 fully saturated rings. The van der Waals surface area contributed by atoms with E-state index in [-0.39, 0.29) is 0 Å². The summed E-state index contributed by atoms with van der Waals surface area (Å²) in [5.41, 5.74) is 7.99. The van der Waals surface area contributed by atoms with Gasteiger partial charge >= 0.3 is 0 Å². The van der Waals surface area contributed by atoms with Gasteiger partial charge in [-0.05, 0) is 29.3 Å². The number of nitrogens with two attached hydrogens (primary N) is 1. The summed E-state index contributed by atoms with van der Waals surface area (Å²) >= 11 is 9.40. The fourth-order valence-corrected chi connectivity index (χ4v) is 2.65. The summed E-state index contributed by atoms with van der Waals surface area (Å²) in [5.74, 6) is 0. The molecule has 2 aromatic carbocycles. The summed E-state index contributed by atoms with van der Waals surface area (Å²) in [7, 11) is 0. The molecule has 0 aliphatic carbocycles. The van der Waals surface area contributed by atoms with E-state index in [1.54, 1.807) is 12.1 Å². The van der Waals surface area contributed by atoms with Gasteiger partial charge in [0.05, 0.1) is 12.1 Å². The summed E-state index contributed by atoms with van der Waals surface area (Å²) in [6.07, 6.45) is -0.141. The number of benzene rings is 2. The van der Waals surface area contributed by atoms with Crippen molar-refractivity contribution in [3.05, 3.63) is 69.2 Å². The van der Waals surface area contributed by atoms with Crippen molar-refractivity contribution in [2.75, 3.05) is 0 Å². The fourth-order valence-electron chi connectivity index (χ4n) is 1.96. The number of hydrogen-bond acceptors (Lipinski definition) is 2. The van der Waals surface area contributed by atoms with Crippen LogP contribution < -0.4 is 5.73 Å². The van der Waals surface area contributed by atoms with Crippen molar-refractivity contribution in [2.45, 2.75) is 18.6 Å². The van der Waals surface area contributed by atoms with Gasteiger partial charge in [-0.25, -0.2) is 0 Å². The van der Waals surface area contributed by atoms with Crippen LogP contribution in [-0.2, 0) is 6.42 Å². The van der Waals surface area contributed by atoms with Gasteiger partial charge in [0.15, 0.2) is 0 Å². The van der Waals surface area contributed by atoms with Crippen molar-refractivity contribution >= 4 is 27.5 Å². The molecule has 0 heterocycles. The van der Waals surface area contributed by atoms with E-state index in [9.17, 15) is 5.11 Å². The van der Waals surface area contributed by atoms with Gasteiger partial charge in [-0.1, -0.05) is 57.9 Å². The average Bonchev–Trinajstić information content (AvgIpc) is 2.42. The van der Waals surface area contributed by atoms with E-state index in [2.05, 4.69) is 15.9 Å². The molecule has 0 radical (unpaired) electrons. The van der Waals surface area contributed by atoms with Crippen LogP contribution in [0.25, 0.3) is 0 Å². The van der Waals surface area contributed by atoms with Crippen LogP contribution in [0.4, 0.5) is 0 Å². The Kier molecular flexibility index (Phi) is 4.99. The summed E-state index contributed by atoms with van der Waals surface area (Å²) in [5, 5.41) is 10.9. The molecule has 0 aliphatic heterocycles. The lowest BCUT2D eigenvalue weighted by atomic mass is 9.97. The van der Waals surface area contributed by atoms with Gasteiger partial charge in [0.25, 0.3) is 0 Å². The van der Waals surface area contributed by atoms with Gasteiger partial charge in [0, 0.05) is 15.9 Å². The van der Waals surface area contributed by atoms with Crippen molar-refractivity contribution in [1.29, 1.82) is 0 Å². The predicted octanol–water partition coefficient (Wildman–Crippen LogP) is 3.71. The first-order valence-electron chi connectivity index (χ1n) is 6.00. The Balaban J connectivity index is 2.14. The number of halogens is 2. The van der Waals surface area contributed by atoms with E-state index in [1.807, 2.05) is 36.4 Å². The highest BCUT2D eigenvalue weighted by molar-refractivity contribution is 9.10. The first-order valence-corrected chi connectivity index (χ1v) is 7.17. The van der Waals surface area contributed by atoms with E-state index < -0.39 is 12.1 Å². The summed E-state index contributed by atoms with van der Waals surface area (Å²) in [4.78, 5) is 0. The quantitative estimate of drug-likeness (QED) is 0.891. The van der Waals surface area contributed by atoms with E-state index in [0.29, 0.717) is 11.4 Å². The van der Waals surface area contributed by atoms with Gasteiger partial charge in [-0.2, -0.15) is 0 Å². The molecule has 0 bridgehead atoms. The minimum atomic E-state index is -0.655. The third-order valence-electron chi connectivity index (χ3n) is 3.02. The maximum absolute atomic E-state index is 10.3. The second-order valence-electron chi connectivity index (χ2n) is 4.45. The molecule has 2 aromatic rings. The predicted molar refractivity (Wildman–Crippen MR) is 82.2 cm³/mol. The molecule has 0 aliphatic rings. The maximum Gasteiger partial charge on any atom is 0.0773 e. The largest absolute Gasteiger partial charge is 0.391 e. The van der Waals surface area contributed by atoms with Crippen LogP contribution >= 0.6 is 27.5 Å². The minimum Gasteiger partial charge on any atom is -0.391 e. The zero-order valence-corrected chi connectivity index (χ0v) is 12.6. The van der Waals surface area contributed by atoms with Gasteiger partial charge in [-0.3, -0.25) is 0 Å². The summed E-state index contributed by atoms with van der Waals surface area (Å²) in [6, 6.07) is 14.7. The molecule has 2 rings (SSSR count). The van der Waals surface area contributed by atoms with Crippen LogP contribution in [0, 0.1) is 0 Å². The zero-order chi connectivity index (χ0) is 13.8. The number of aliphatic hydroxyl groups is 1. The molecule has 0 aromatic heterocycles. The molecule has 19 heavy (non-hydrogen) atoms. The minimum absolute atomic E-state index is 0.478. The van der Waals surface area contributed by atoms with Gasteiger partial charge < -0.3 is 10.8 Å². The smallest absolute Gasteiger partial charge is 0.0773 e. The second kappa shape index (κ2) is 6.53. The maximum atomic E-state index is 10.3. The van der Waals surface area contributed by atoms with Gasteiger partial charge in [0.2, 0.25) is 0 Å². The van der Waals surface area contributed by atoms with Crippen molar-refractivity contribution < 1.29 is 5.11 Å². The van der Waals surface area contributed by atoms with Crippen LogP contribution in [-0.4, -0.2) is 11.2 Å². The molecular formula is C15H15BrClNO. The molecule has 2 nitrogen and oxygen atoms in total. The zero-order valence-electron chi connectivity index (χ0n) is 10.3. The molecule has 100 valence electrons. The van der Waals surface area contributed by atoms with Crippen LogP contribution in [0.1, 0.15) is 17.2 Å². The van der Waals surface area contributed by atoms with Gasteiger partial charge in [-0.15, -0.1) is 0 Å². The highest BCUT2D eigenvalue weighted by Gasteiger charge is 2.19. The van der Waals surface area contributed by atoms with Crippen LogP contribution in [0.3, 0.4) is 0 Å². The van der Waals surface area contributed by atoms with Crippen LogP contribution in [0.15, 0.2) is 53.0 Å². The van der Waals surface area contributed by atoms with Crippen molar-refractivity contribution in [2.24, 2.45) is 5.73 Å². The first-order chi connectivity index (χ1) is 9.08. The number of hydrogen-bond donors (Lipinski definition) is 2. The van der Waals surface area contributed by atoms with E-state index in [0.717, 1.165) is 15.6 Å². The van der Waals surface area contributed by atoms with Crippen molar-refractivity contribution in [3.8, 4) is 0 Å². The lowest BCUT2D eigenvalue weighted by molar-refractivity contribution is 0.145. The summed E-state index contributed by atoms with van der Waals surface area (Å²) in [6.45, 7) is 0. The number of aliphatic hydroxyl groups excluding tert-OH is 1. The third kappa shape index (κ3) is 3.80. The topological polar surface area (TPSA) is 46.2 Å². The Morgan fingerprint density at radius 2 is 1.84 bits per heavy atom. The molecule has 0 saturated carbocycles. The molecule has 3 N–H and O–H groups in total. The first kappa shape index (κ1) is 14.5.